The Balaban J connectivity index is 0. The predicted octanol–water partition coefficient (Wildman–Crippen LogP) is -2.68. The zero-order valence-corrected chi connectivity index (χ0v) is 14.6. The molecule has 0 unspecified atom stereocenters. The molecule has 1 aliphatic rings. The van der Waals surface area contributed by atoms with E-state index in [1.165, 1.54) is 12.1 Å². The molecule has 0 saturated carbocycles. The fourth-order valence-electron chi connectivity index (χ4n) is 1.13. The van der Waals surface area contributed by atoms with E-state index in [1.54, 1.807) is 0 Å². The van der Waals surface area contributed by atoms with Crippen molar-refractivity contribution in [3.63, 3.8) is 0 Å². The topological polar surface area (TPSA) is 93.7 Å². The van der Waals surface area contributed by atoms with Crippen molar-refractivity contribution in [1.82, 2.24) is 0 Å². The molecule has 8 heteroatoms. The minimum absolute atomic E-state index is 0. The quantitative estimate of drug-likeness (QED) is 0.356. The third-order valence-corrected chi connectivity index (χ3v) is 1.99. The van der Waals surface area contributed by atoms with Gasteiger partial charge in [-0.05, 0) is 0 Å². The van der Waals surface area contributed by atoms with Gasteiger partial charge in [-0.1, -0.05) is 12.1 Å². The monoisotopic (exact) mass is 308 g/mol. The standard InChI is InChI=1S/C10H20O5.C3HN2.Na/c1-2-12-5-6-14-9-10-15-8-7-13-4-3-11-1;4-2-1-3-5;/h1-10H2;1H;/q;-1;+1. The van der Waals surface area contributed by atoms with Gasteiger partial charge < -0.3 is 23.7 Å². The molecule has 0 aromatic rings. The van der Waals surface area contributed by atoms with Gasteiger partial charge in [-0.3, -0.25) is 0 Å². The van der Waals surface area contributed by atoms with Crippen molar-refractivity contribution in [2.75, 3.05) is 66.1 Å². The smallest absolute Gasteiger partial charge is 0.377 e. The molecule has 1 heterocycles. The van der Waals surface area contributed by atoms with Crippen molar-refractivity contribution < 1.29 is 53.2 Å². The number of hydrogen-bond acceptors (Lipinski definition) is 7. The van der Waals surface area contributed by atoms with E-state index in [2.05, 4.69) is 0 Å². The van der Waals surface area contributed by atoms with Crippen molar-refractivity contribution in [2.45, 2.75) is 0 Å². The van der Waals surface area contributed by atoms with Crippen molar-refractivity contribution in [2.24, 2.45) is 0 Å². The van der Waals surface area contributed by atoms with E-state index in [-0.39, 0.29) is 29.6 Å². The van der Waals surface area contributed by atoms with Gasteiger partial charge in [0, 0.05) is 0 Å². The molecule has 0 aromatic carbocycles. The molecule has 7 nitrogen and oxygen atoms in total. The first-order valence-electron chi connectivity index (χ1n) is 6.41. The van der Waals surface area contributed by atoms with Crippen molar-refractivity contribution in [3.05, 3.63) is 6.42 Å². The fourth-order valence-corrected chi connectivity index (χ4v) is 1.13. The molecule has 21 heavy (non-hydrogen) atoms. The maximum absolute atomic E-state index is 7.54. The average molecular weight is 308 g/mol. The summed E-state index contributed by atoms with van der Waals surface area (Å²) in [7, 11) is 0. The second kappa shape index (κ2) is 21.9. The Morgan fingerprint density at radius 3 is 0.810 bits per heavy atom. The zero-order valence-electron chi connectivity index (χ0n) is 12.6. The molecule has 0 amide bonds. The van der Waals surface area contributed by atoms with Crippen LogP contribution >= 0.6 is 0 Å². The predicted molar refractivity (Wildman–Crippen MR) is 69.6 cm³/mol. The second-order valence-corrected chi connectivity index (χ2v) is 3.46. The Hall–Kier alpha value is -0.350. The SMILES string of the molecule is C1COCCOCCOCCOCCO1.N#C[CH-]C#N.[Na+]. The molecule has 1 aliphatic heterocycles. The Morgan fingerprint density at radius 1 is 0.524 bits per heavy atom. The number of nitrogens with zero attached hydrogens (tertiary/aromatic N) is 2. The normalized spacial score (nSPS) is 18.0. The molecule has 0 radical (unpaired) electrons. The third kappa shape index (κ3) is 22.1. The molecule has 0 bridgehead atoms. The number of rotatable bonds is 0. The van der Waals surface area contributed by atoms with Gasteiger partial charge in [-0.25, -0.2) is 10.5 Å². The van der Waals surface area contributed by atoms with Crippen LogP contribution in [0, 0.1) is 29.1 Å². The van der Waals surface area contributed by atoms with E-state index in [9.17, 15) is 0 Å². The molecule has 114 valence electrons. The van der Waals surface area contributed by atoms with Crippen LogP contribution in [-0.4, -0.2) is 66.1 Å². The first kappa shape index (κ1) is 22.9. The van der Waals surface area contributed by atoms with Crippen LogP contribution in [0.3, 0.4) is 0 Å². The van der Waals surface area contributed by atoms with Gasteiger partial charge in [0.2, 0.25) is 0 Å². The summed E-state index contributed by atoms with van der Waals surface area (Å²) >= 11 is 0. The zero-order chi connectivity index (χ0) is 14.7. The van der Waals surface area contributed by atoms with E-state index in [0.29, 0.717) is 66.1 Å². The van der Waals surface area contributed by atoms with E-state index < -0.39 is 0 Å². The van der Waals surface area contributed by atoms with Gasteiger partial charge in [0.1, 0.15) is 0 Å². The summed E-state index contributed by atoms with van der Waals surface area (Å²) in [6.07, 6.45) is 0.861. The van der Waals surface area contributed by atoms with Crippen molar-refractivity contribution in [1.29, 1.82) is 10.5 Å². The third-order valence-electron chi connectivity index (χ3n) is 1.99. The van der Waals surface area contributed by atoms with Crippen LogP contribution in [0.25, 0.3) is 0 Å². The minimum Gasteiger partial charge on any atom is -0.377 e. The van der Waals surface area contributed by atoms with Crippen LogP contribution in [0.4, 0.5) is 0 Å². The average Bonchev–Trinajstić information content (AvgIpc) is 2.47. The molecule has 1 fully saturated rings. The molecule has 0 N–H and O–H groups in total. The Bertz CT molecular complexity index is 210. The van der Waals surface area contributed by atoms with Crippen molar-refractivity contribution in [3.8, 4) is 12.1 Å². The second-order valence-electron chi connectivity index (χ2n) is 3.46. The van der Waals surface area contributed by atoms with Crippen LogP contribution in [0.1, 0.15) is 0 Å². The van der Waals surface area contributed by atoms with Crippen LogP contribution in [0.5, 0.6) is 0 Å². The summed E-state index contributed by atoms with van der Waals surface area (Å²) in [6.45, 7) is 6.11. The van der Waals surface area contributed by atoms with Gasteiger partial charge >= 0.3 is 29.6 Å². The van der Waals surface area contributed by atoms with Gasteiger partial charge in [-0.15, -0.1) is 0 Å². The largest absolute Gasteiger partial charge is 1.00 e. The van der Waals surface area contributed by atoms with Crippen LogP contribution in [0.15, 0.2) is 0 Å². The van der Waals surface area contributed by atoms with Gasteiger partial charge in [0.05, 0.1) is 66.1 Å². The van der Waals surface area contributed by atoms with Gasteiger partial charge in [-0.2, -0.15) is 6.42 Å². The Labute approximate surface area is 148 Å². The molecule has 0 aromatic heterocycles. The molecule has 0 aliphatic carbocycles. The Kier molecular flexibility index (Phi) is 23.9. The van der Waals surface area contributed by atoms with E-state index in [1.807, 2.05) is 0 Å². The minimum atomic E-state index is 0. The number of nitriles is 2. The molecule has 0 spiro atoms. The first-order chi connectivity index (χ1) is 9.91. The number of ether oxygens (including phenoxy) is 5. The van der Waals surface area contributed by atoms with Crippen LogP contribution in [-0.2, 0) is 23.7 Å². The van der Waals surface area contributed by atoms with E-state index in [0.717, 1.165) is 6.42 Å². The molecular weight excluding hydrogens is 287 g/mol. The van der Waals surface area contributed by atoms with Crippen LogP contribution in [0.2, 0.25) is 0 Å². The maximum atomic E-state index is 7.54. The summed E-state index contributed by atoms with van der Waals surface area (Å²) in [5.41, 5.74) is 0. The number of hydrogen-bond donors (Lipinski definition) is 0. The first-order valence-corrected chi connectivity index (χ1v) is 6.41. The van der Waals surface area contributed by atoms with Gasteiger partial charge in [0.25, 0.3) is 0 Å². The Morgan fingerprint density at radius 2 is 0.714 bits per heavy atom. The fraction of sp³-hybridized carbons (Fsp3) is 0.769. The van der Waals surface area contributed by atoms with Crippen molar-refractivity contribution >= 4 is 0 Å². The summed E-state index contributed by atoms with van der Waals surface area (Å²) in [5, 5.41) is 15.1. The summed E-state index contributed by atoms with van der Waals surface area (Å²) < 4.78 is 26.4. The summed E-state index contributed by atoms with van der Waals surface area (Å²) in [6, 6.07) is 3.06. The summed E-state index contributed by atoms with van der Waals surface area (Å²) in [4.78, 5) is 0. The molecule has 0 atom stereocenters. The molecule has 1 rings (SSSR count). The molecule has 1 saturated heterocycles. The maximum Gasteiger partial charge on any atom is 1.00 e. The van der Waals surface area contributed by atoms with E-state index in [4.69, 9.17) is 34.2 Å². The summed E-state index contributed by atoms with van der Waals surface area (Å²) in [5.74, 6) is 0. The van der Waals surface area contributed by atoms with Crippen LogP contribution < -0.4 is 29.6 Å². The molecular formula is C13H21N2NaO5. The van der Waals surface area contributed by atoms with Gasteiger partial charge in [0.15, 0.2) is 0 Å². The van der Waals surface area contributed by atoms with E-state index >= 15 is 0 Å².